The average molecular weight is 284 g/mol. The van der Waals surface area contributed by atoms with Crippen LogP contribution in [0.15, 0.2) is 12.1 Å². The van der Waals surface area contributed by atoms with Gasteiger partial charge < -0.3 is 0 Å². The van der Waals surface area contributed by atoms with Gasteiger partial charge in [-0.3, -0.25) is 5.73 Å². The molecule has 3 nitrogen and oxygen atoms in total. The van der Waals surface area contributed by atoms with E-state index < -0.39 is 0 Å². The van der Waals surface area contributed by atoms with Gasteiger partial charge in [0.25, 0.3) is 5.82 Å². The van der Waals surface area contributed by atoms with Crippen LogP contribution in [0.25, 0.3) is 10.4 Å². The molecule has 1 aliphatic carbocycles. The van der Waals surface area contributed by atoms with Crippen molar-refractivity contribution in [3.63, 3.8) is 0 Å². The zero-order valence-electron chi connectivity index (χ0n) is 11.6. The van der Waals surface area contributed by atoms with Crippen molar-refractivity contribution in [1.82, 2.24) is 0 Å². The summed E-state index contributed by atoms with van der Waals surface area (Å²) >= 11 is 1.74. The summed E-state index contributed by atoms with van der Waals surface area (Å²) in [4.78, 5) is 5.69. The molecule has 0 aliphatic heterocycles. The van der Waals surface area contributed by atoms with Crippen LogP contribution in [-0.4, -0.2) is 0 Å². The van der Waals surface area contributed by atoms with Gasteiger partial charge in [-0.05, 0) is 38.3 Å². The maximum Gasteiger partial charge on any atom is 0.289 e. The second-order valence-electron chi connectivity index (χ2n) is 5.33. The molecule has 0 amide bonds. The van der Waals surface area contributed by atoms with Gasteiger partial charge in [0, 0.05) is 27.3 Å². The minimum Gasteiger partial charge on any atom is -0.286 e. The Kier molecular flexibility index (Phi) is 3.45. The third kappa shape index (κ3) is 2.19. The van der Waals surface area contributed by atoms with Crippen LogP contribution < -0.4 is 10.7 Å². The Balaban J connectivity index is 2.29. The summed E-state index contributed by atoms with van der Waals surface area (Å²) in [6.45, 7) is 2.09. The Morgan fingerprint density at radius 2 is 2.05 bits per heavy atom. The van der Waals surface area contributed by atoms with Gasteiger partial charge in [-0.1, -0.05) is 6.42 Å². The van der Waals surface area contributed by atoms with Crippen LogP contribution in [0.5, 0.6) is 0 Å². The maximum atomic E-state index is 9.49. The van der Waals surface area contributed by atoms with Crippen molar-refractivity contribution in [1.29, 1.82) is 5.26 Å². The summed E-state index contributed by atoms with van der Waals surface area (Å²) in [5.41, 5.74) is 10.3. The first-order valence-electron chi connectivity index (χ1n) is 7.04. The maximum absolute atomic E-state index is 9.49. The van der Waals surface area contributed by atoms with Crippen LogP contribution in [0.4, 0.5) is 5.82 Å². The average Bonchev–Trinajstić information content (AvgIpc) is 2.72. The van der Waals surface area contributed by atoms with Crippen molar-refractivity contribution in [2.24, 2.45) is 0 Å². The molecule has 4 heteroatoms. The normalized spacial score (nSPS) is 14.4. The van der Waals surface area contributed by atoms with E-state index in [1.54, 1.807) is 11.3 Å². The SMILES string of the molecule is Cc1ccc(-c2c(C#N)c(N)[nH+]c3c2CCCCC3)s1. The lowest BCUT2D eigenvalue weighted by Crippen LogP contribution is -2.21. The Bertz CT molecular complexity index is 694. The number of hydrogen-bond donors (Lipinski definition) is 1. The number of nitrogens with zero attached hydrogens (tertiary/aromatic N) is 1. The minimum absolute atomic E-state index is 0.509. The third-order valence-electron chi connectivity index (χ3n) is 3.92. The summed E-state index contributed by atoms with van der Waals surface area (Å²) < 4.78 is 0. The van der Waals surface area contributed by atoms with E-state index in [9.17, 15) is 5.26 Å². The number of pyridine rings is 1. The van der Waals surface area contributed by atoms with Crippen molar-refractivity contribution >= 4 is 17.2 Å². The fraction of sp³-hybridized carbons (Fsp3) is 0.375. The monoisotopic (exact) mass is 284 g/mol. The molecule has 0 saturated heterocycles. The number of H-pyrrole nitrogens is 1. The van der Waals surface area contributed by atoms with E-state index in [1.807, 2.05) is 0 Å². The molecule has 3 N–H and O–H groups in total. The van der Waals surface area contributed by atoms with E-state index in [0.717, 1.165) is 23.3 Å². The molecule has 102 valence electrons. The number of thiophene rings is 1. The van der Waals surface area contributed by atoms with Crippen LogP contribution in [0, 0.1) is 18.3 Å². The first-order chi connectivity index (χ1) is 9.70. The second-order valence-corrected chi connectivity index (χ2v) is 6.62. The van der Waals surface area contributed by atoms with Crippen molar-refractivity contribution in [2.75, 3.05) is 5.73 Å². The molecule has 0 saturated carbocycles. The van der Waals surface area contributed by atoms with E-state index in [4.69, 9.17) is 5.73 Å². The smallest absolute Gasteiger partial charge is 0.286 e. The summed E-state index contributed by atoms with van der Waals surface area (Å²) in [6, 6.07) is 6.51. The number of nitrogens with two attached hydrogens (primary N) is 1. The number of fused-ring (bicyclic) bond motifs is 1. The number of nitriles is 1. The van der Waals surface area contributed by atoms with Crippen LogP contribution >= 0.6 is 11.3 Å². The van der Waals surface area contributed by atoms with Gasteiger partial charge in [-0.2, -0.15) is 5.26 Å². The predicted molar refractivity (Wildman–Crippen MR) is 81.4 cm³/mol. The molecule has 3 rings (SSSR count). The Morgan fingerprint density at radius 1 is 1.25 bits per heavy atom. The molecule has 20 heavy (non-hydrogen) atoms. The van der Waals surface area contributed by atoms with Crippen molar-refractivity contribution in [2.45, 2.75) is 39.0 Å². The third-order valence-corrected chi connectivity index (χ3v) is 4.94. The quantitative estimate of drug-likeness (QED) is 0.817. The molecule has 0 spiro atoms. The number of nitrogens with one attached hydrogen (secondary N) is 1. The highest BCUT2D eigenvalue weighted by molar-refractivity contribution is 7.15. The number of aromatic amines is 1. The van der Waals surface area contributed by atoms with Gasteiger partial charge in [0.15, 0.2) is 0 Å². The van der Waals surface area contributed by atoms with Gasteiger partial charge in [-0.15, -0.1) is 11.3 Å². The molecule has 2 aromatic rings. The fourth-order valence-corrected chi connectivity index (χ4v) is 3.91. The molecule has 0 atom stereocenters. The molecule has 1 aliphatic rings. The van der Waals surface area contributed by atoms with E-state index in [-0.39, 0.29) is 0 Å². The van der Waals surface area contributed by atoms with Gasteiger partial charge >= 0.3 is 0 Å². The Morgan fingerprint density at radius 3 is 2.75 bits per heavy atom. The highest BCUT2D eigenvalue weighted by Gasteiger charge is 2.24. The molecular formula is C16H18N3S+. The molecule has 2 heterocycles. The number of anilines is 1. The van der Waals surface area contributed by atoms with E-state index in [2.05, 4.69) is 30.1 Å². The topological polar surface area (TPSA) is 64.0 Å². The lowest BCUT2D eigenvalue weighted by molar-refractivity contribution is -0.373. The highest BCUT2D eigenvalue weighted by Crippen LogP contribution is 2.37. The number of nitrogen functional groups attached to an aromatic ring is 1. The number of aryl methyl sites for hydroxylation is 2. The van der Waals surface area contributed by atoms with Gasteiger partial charge in [0.2, 0.25) is 0 Å². The standard InChI is InChI=1S/C16H17N3S/c1-10-7-8-14(20-10)15-11-5-3-2-4-6-13(11)19-16(18)12(15)9-17/h7-8H,2-6H2,1H3,(H2,18,19)/p+1. The summed E-state index contributed by atoms with van der Waals surface area (Å²) in [7, 11) is 0. The largest absolute Gasteiger partial charge is 0.289 e. The molecule has 0 unspecified atom stereocenters. The minimum atomic E-state index is 0.509. The van der Waals surface area contributed by atoms with Crippen LogP contribution in [-0.2, 0) is 12.8 Å². The van der Waals surface area contributed by atoms with Gasteiger partial charge in [0.1, 0.15) is 17.3 Å². The number of rotatable bonds is 1. The lowest BCUT2D eigenvalue weighted by Gasteiger charge is -2.11. The van der Waals surface area contributed by atoms with Crippen molar-refractivity contribution in [3.8, 4) is 16.5 Å². The zero-order chi connectivity index (χ0) is 14.1. The number of aromatic nitrogens is 1. The van der Waals surface area contributed by atoms with Crippen molar-refractivity contribution in [3.05, 3.63) is 33.8 Å². The van der Waals surface area contributed by atoms with Gasteiger partial charge in [0.05, 0.1) is 0 Å². The summed E-state index contributed by atoms with van der Waals surface area (Å²) in [6.07, 6.45) is 5.69. The molecular weight excluding hydrogens is 266 g/mol. The molecule has 0 radical (unpaired) electrons. The van der Waals surface area contributed by atoms with Gasteiger partial charge in [-0.25, -0.2) is 4.98 Å². The lowest BCUT2D eigenvalue weighted by atomic mass is 9.96. The molecule has 0 fully saturated rings. The van der Waals surface area contributed by atoms with Crippen LogP contribution in [0.1, 0.15) is 41.0 Å². The van der Waals surface area contributed by atoms with Crippen molar-refractivity contribution < 1.29 is 4.98 Å². The molecule has 2 aromatic heterocycles. The fourth-order valence-electron chi connectivity index (χ4n) is 2.96. The van der Waals surface area contributed by atoms with Crippen LogP contribution in [0.3, 0.4) is 0 Å². The molecule has 0 bridgehead atoms. The van der Waals surface area contributed by atoms with E-state index >= 15 is 0 Å². The predicted octanol–water partition coefficient (Wildman–Crippen LogP) is 3.26. The van der Waals surface area contributed by atoms with E-state index in [0.29, 0.717) is 11.4 Å². The number of hydrogen-bond acceptors (Lipinski definition) is 3. The van der Waals surface area contributed by atoms with E-state index in [1.165, 1.54) is 35.4 Å². The molecule has 0 aromatic carbocycles. The highest BCUT2D eigenvalue weighted by atomic mass is 32.1. The summed E-state index contributed by atoms with van der Waals surface area (Å²) in [5.74, 6) is 0.509. The summed E-state index contributed by atoms with van der Waals surface area (Å²) in [5, 5.41) is 9.49. The van der Waals surface area contributed by atoms with Crippen LogP contribution in [0.2, 0.25) is 0 Å². The first-order valence-corrected chi connectivity index (χ1v) is 7.85. The first kappa shape index (κ1) is 13.1. The second kappa shape index (κ2) is 5.26. The zero-order valence-corrected chi connectivity index (χ0v) is 12.4. The Hall–Kier alpha value is -1.86. The Labute approximate surface area is 123 Å².